The third-order valence-electron chi connectivity index (χ3n) is 4.12. The number of isocyanates is 1. The zero-order valence-electron chi connectivity index (χ0n) is 10.3. The first-order valence-corrected chi connectivity index (χ1v) is 6.90. The molecule has 0 aromatic rings. The van der Waals surface area contributed by atoms with Gasteiger partial charge in [0.25, 0.3) is 0 Å². The minimum absolute atomic E-state index is 0.750. The highest BCUT2D eigenvalue weighted by molar-refractivity contribution is 5.26. The third kappa shape index (κ3) is 5.46. The summed E-state index contributed by atoms with van der Waals surface area (Å²) in [5.41, 5.74) is 0. The van der Waals surface area contributed by atoms with Crippen LogP contribution in [0.25, 0.3) is 0 Å². The molecule has 0 heterocycles. The van der Waals surface area contributed by atoms with E-state index in [0.29, 0.717) is 0 Å². The number of rotatable bonds is 2. The molecule has 2 nitrogen and oxygen atoms in total. The van der Waals surface area contributed by atoms with Gasteiger partial charge < -0.3 is 0 Å². The Morgan fingerprint density at radius 3 is 1.44 bits per heavy atom. The molecule has 0 radical (unpaired) electrons. The highest BCUT2D eigenvalue weighted by atomic mass is 16.1. The normalized spacial score (nSPS) is 23.0. The maximum atomic E-state index is 8.35. The quantitative estimate of drug-likeness (QED) is 0.545. The predicted octanol–water partition coefficient (Wildman–Crippen LogP) is 4.44. The number of carbonyl (C=O) groups excluding carboxylic acids is 1. The van der Waals surface area contributed by atoms with Crippen LogP contribution in [-0.2, 0) is 4.79 Å². The summed E-state index contributed by atoms with van der Waals surface area (Å²) in [7, 11) is 0. The van der Waals surface area contributed by atoms with Crippen LogP contribution in [0.15, 0.2) is 0 Å². The van der Waals surface area contributed by atoms with E-state index in [2.05, 4.69) is 0 Å². The van der Waals surface area contributed by atoms with Gasteiger partial charge in [0.1, 0.15) is 0 Å². The Balaban J connectivity index is 0.000000386. The van der Waals surface area contributed by atoms with E-state index in [0.717, 1.165) is 17.9 Å². The van der Waals surface area contributed by atoms with Gasteiger partial charge in [-0.05, 0) is 18.3 Å². The number of hydrogen-bond donors (Lipinski definition) is 1. The van der Waals surface area contributed by atoms with Crippen LogP contribution >= 0.6 is 0 Å². The molecule has 2 heteroatoms. The third-order valence-corrected chi connectivity index (χ3v) is 4.12. The Morgan fingerprint density at radius 2 is 1.12 bits per heavy atom. The largest absolute Gasteiger partial charge is 0.231 e. The molecule has 2 fully saturated rings. The van der Waals surface area contributed by atoms with Crippen molar-refractivity contribution in [3.8, 4) is 0 Å². The summed E-state index contributed by atoms with van der Waals surface area (Å²) in [5.74, 6) is 2.24. The second-order valence-corrected chi connectivity index (χ2v) is 5.35. The summed E-state index contributed by atoms with van der Waals surface area (Å²) >= 11 is 0. The van der Waals surface area contributed by atoms with Gasteiger partial charge in [-0.2, -0.15) is 0 Å². The first-order valence-electron chi connectivity index (χ1n) is 6.90. The van der Waals surface area contributed by atoms with Gasteiger partial charge in [0.2, 0.25) is 6.08 Å². The molecule has 2 aliphatic carbocycles. The summed E-state index contributed by atoms with van der Waals surface area (Å²) in [5, 5.41) is 5.40. The zero-order valence-corrected chi connectivity index (χ0v) is 10.3. The molecule has 0 amide bonds. The molecule has 16 heavy (non-hydrogen) atoms. The second kappa shape index (κ2) is 8.52. The Morgan fingerprint density at radius 1 is 0.812 bits per heavy atom. The molecule has 0 aromatic heterocycles. The second-order valence-electron chi connectivity index (χ2n) is 5.35. The van der Waals surface area contributed by atoms with Crippen LogP contribution in [0.3, 0.4) is 0 Å². The van der Waals surface area contributed by atoms with E-state index in [1.165, 1.54) is 38.5 Å². The van der Waals surface area contributed by atoms with Crippen molar-refractivity contribution in [2.45, 2.75) is 70.6 Å². The van der Waals surface area contributed by atoms with E-state index < -0.39 is 0 Å². The van der Waals surface area contributed by atoms with Gasteiger partial charge >= 0.3 is 0 Å². The van der Waals surface area contributed by atoms with Gasteiger partial charge in [-0.15, -0.1) is 0 Å². The van der Waals surface area contributed by atoms with Crippen molar-refractivity contribution in [3.05, 3.63) is 0 Å². The standard InChI is InChI=1S/C13H24.CHNO/c1-3-7-12(8-4-1)11-13-9-5-2-6-10-13;2-1-3/h12-13H,1-11H2;2H. The van der Waals surface area contributed by atoms with Crippen LogP contribution in [0.5, 0.6) is 0 Å². The van der Waals surface area contributed by atoms with Crippen molar-refractivity contribution in [1.82, 2.24) is 0 Å². The van der Waals surface area contributed by atoms with E-state index in [9.17, 15) is 0 Å². The Labute approximate surface area is 99.3 Å². The number of nitrogens with one attached hydrogen (secondary N) is 1. The van der Waals surface area contributed by atoms with Crippen LogP contribution in [0.4, 0.5) is 0 Å². The SMILES string of the molecule is C1CCC(CC2CCCCC2)CC1.N=C=O. The summed E-state index contributed by atoms with van der Waals surface area (Å²) in [6, 6.07) is 0. The van der Waals surface area contributed by atoms with Crippen molar-refractivity contribution < 1.29 is 4.79 Å². The maximum absolute atomic E-state index is 8.35. The summed E-state index contributed by atoms with van der Waals surface area (Å²) in [6.45, 7) is 0. The minimum atomic E-state index is 0.750. The van der Waals surface area contributed by atoms with Gasteiger partial charge in [0.05, 0.1) is 0 Å². The Bertz CT molecular complexity index is 181. The molecule has 0 atom stereocenters. The van der Waals surface area contributed by atoms with Crippen molar-refractivity contribution in [2.24, 2.45) is 11.8 Å². The van der Waals surface area contributed by atoms with Crippen molar-refractivity contribution in [2.75, 3.05) is 0 Å². The van der Waals surface area contributed by atoms with Crippen LogP contribution in [0.1, 0.15) is 70.6 Å². The zero-order chi connectivity index (χ0) is 11.6. The first-order chi connectivity index (χ1) is 7.86. The molecular formula is C14H25NO. The average molecular weight is 223 g/mol. The van der Waals surface area contributed by atoms with Crippen LogP contribution in [0, 0.1) is 17.2 Å². The minimum Gasteiger partial charge on any atom is -0.222 e. The number of hydrogen-bond acceptors (Lipinski definition) is 2. The average Bonchev–Trinajstić information content (AvgIpc) is 2.33. The lowest BCUT2D eigenvalue weighted by Crippen LogP contribution is -2.14. The molecule has 0 aromatic carbocycles. The van der Waals surface area contributed by atoms with E-state index in [-0.39, 0.29) is 0 Å². The lowest BCUT2D eigenvalue weighted by atomic mass is 9.78. The maximum Gasteiger partial charge on any atom is 0.231 e. The fraction of sp³-hybridized carbons (Fsp3) is 0.929. The van der Waals surface area contributed by atoms with E-state index in [1.807, 2.05) is 0 Å². The fourth-order valence-electron chi connectivity index (χ4n) is 3.32. The van der Waals surface area contributed by atoms with E-state index in [1.54, 1.807) is 32.1 Å². The molecule has 0 spiro atoms. The van der Waals surface area contributed by atoms with Gasteiger partial charge in [-0.1, -0.05) is 64.2 Å². The smallest absolute Gasteiger partial charge is 0.222 e. The first kappa shape index (κ1) is 13.4. The fourth-order valence-corrected chi connectivity index (χ4v) is 3.32. The lowest BCUT2D eigenvalue weighted by Gasteiger charge is -2.28. The molecule has 0 bridgehead atoms. The lowest BCUT2D eigenvalue weighted by molar-refractivity contribution is 0.244. The predicted molar refractivity (Wildman–Crippen MR) is 66.2 cm³/mol. The Hall–Kier alpha value is -0.620. The highest BCUT2D eigenvalue weighted by Gasteiger charge is 2.20. The van der Waals surface area contributed by atoms with Crippen molar-refractivity contribution >= 4 is 6.08 Å². The molecule has 0 saturated heterocycles. The van der Waals surface area contributed by atoms with Crippen molar-refractivity contribution in [3.63, 3.8) is 0 Å². The van der Waals surface area contributed by atoms with E-state index in [4.69, 9.17) is 10.2 Å². The molecule has 2 aliphatic rings. The molecule has 1 N–H and O–H groups in total. The summed E-state index contributed by atoms with van der Waals surface area (Å²) in [6.07, 6.45) is 17.7. The molecular weight excluding hydrogens is 198 g/mol. The molecule has 0 aliphatic heterocycles. The van der Waals surface area contributed by atoms with Crippen molar-refractivity contribution in [1.29, 1.82) is 5.41 Å². The van der Waals surface area contributed by atoms with Crippen LogP contribution < -0.4 is 0 Å². The molecule has 2 saturated carbocycles. The van der Waals surface area contributed by atoms with Crippen LogP contribution in [0.2, 0.25) is 0 Å². The topological polar surface area (TPSA) is 40.9 Å². The molecule has 0 unspecified atom stereocenters. The highest BCUT2D eigenvalue weighted by Crippen LogP contribution is 2.34. The summed E-state index contributed by atoms with van der Waals surface area (Å²) < 4.78 is 0. The van der Waals surface area contributed by atoms with Gasteiger partial charge in [-0.3, -0.25) is 0 Å². The molecule has 92 valence electrons. The van der Waals surface area contributed by atoms with Gasteiger partial charge in [-0.25, -0.2) is 10.2 Å². The monoisotopic (exact) mass is 223 g/mol. The summed E-state index contributed by atoms with van der Waals surface area (Å²) in [4.78, 5) is 8.35. The van der Waals surface area contributed by atoms with Gasteiger partial charge in [0.15, 0.2) is 0 Å². The van der Waals surface area contributed by atoms with E-state index >= 15 is 0 Å². The van der Waals surface area contributed by atoms with Crippen LogP contribution in [-0.4, -0.2) is 6.08 Å². The van der Waals surface area contributed by atoms with Gasteiger partial charge in [0, 0.05) is 0 Å². The molecule has 2 rings (SSSR count). The Kier molecular flexibility index (Phi) is 7.16.